The van der Waals surface area contributed by atoms with Gasteiger partial charge in [-0.2, -0.15) is 18.2 Å². The molecule has 0 amide bonds. The van der Waals surface area contributed by atoms with Crippen LogP contribution in [-0.2, 0) is 6.18 Å². The SMILES string of the molecule is CC(C)Oc1ccccc1Nc1nc(Nc2ccc(Br)cc2)ncc1C(F)(F)F. The summed E-state index contributed by atoms with van der Waals surface area (Å²) < 4.78 is 47.0. The van der Waals surface area contributed by atoms with Crippen LogP contribution in [0.5, 0.6) is 5.75 Å². The molecular weight excluding hydrogens is 449 g/mol. The zero-order valence-electron chi connectivity index (χ0n) is 15.6. The Bertz CT molecular complexity index is 978. The van der Waals surface area contributed by atoms with Crippen molar-refractivity contribution in [3.8, 4) is 5.75 Å². The van der Waals surface area contributed by atoms with E-state index < -0.39 is 11.7 Å². The van der Waals surface area contributed by atoms with Crippen molar-refractivity contribution < 1.29 is 17.9 Å². The predicted molar refractivity (Wildman–Crippen MR) is 110 cm³/mol. The Kier molecular flexibility index (Phi) is 6.26. The van der Waals surface area contributed by atoms with Gasteiger partial charge in [0.15, 0.2) is 0 Å². The van der Waals surface area contributed by atoms with Crippen LogP contribution in [0.3, 0.4) is 0 Å². The molecule has 3 aromatic rings. The number of para-hydroxylation sites is 2. The van der Waals surface area contributed by atoms with Crippen LogP contribution in [0.2, 0.25) is 0 Å². The molecule has 0 radical (unpaired) electrons. The van der Waals surface area contributed by atoms with Crippen LogP contribution in [0.15, 0.2) is 59.2 Å². The van der Waals surface area contributed by atoms with Gasteiger partial charge in [-0.3, -0.25) is 0 Å². The zero-order valence-corrected chi connectivity index (χ0v) is 17.2. The van der Waals surface area contributed by atoms with Crippen LogP contribution < -0.4 is 15.4 Å². The summed E-state index contributed by atoms with van der Waals surface area (Å²) in [5, 5.41) is 5.65. The topological polar surface area (TPSA) is 59.1 Å². The molecule has 0 aliphatic rings. The van der Waals surface area contributed by atoms with E-state index in [1.807, 2.05) is 13.8 Å². The smallest absolute Gasteiger partial charge is 0.421 e. The minimum absolute atomic E-state index is 0.0325. The van der Waals surface area contributed by atoms with E-state index in [0.29, 0.717) is 17.1 Å². The quantitative estimate of drug-likeness (QED) is 0.432. The minimum atomic E-state index is -4.62. The highest BCUT2D eigenvalue weighted by Gasteiger charge is 2.35. The van der Waals surface area contributed by atoms with E-state index in [9.17, 15) is 13.2 Å². The molecule has 152 valence electrons. The Balaban J connectivity index is 1.96. The van der Waals surface area contributed by atoms with Gasteiger partial charge in [0.25, 0.3) is 0 Å². The van der Waals surface area contributed by atoms with Crippen LogP contribution in [0.1, 0.15) is 19.4 Å². The number of halogens is 4. The number of nitrogens with zero attached hydrogens (tertiary/aromatic N) is 2. The second kappa shape index (κ2) is 8.69. The molecule has 0 saturated heterocycles. The average molecular weight is 467 g/mol. The van der Waals surface area contributed by atoms with E-state index in [0.717, 1.165) is 10.7 Å². The molecule has 2 aromatic carbocycles. The number of rotatable bonds is 6. The summed E-state index contributed by atoms with van der Waals surface area (Å²) in [6.45, 7) is 3.67. The third-order valence-corrected chi connectivity index (χ3v) is 4.23. The Morgan fingerprint density at radius 1 is 1.00 bits per heavy atom. The molecule has 0 spiro atoms. The number of hydrogen-bond acceptors (Lipinski definition) is 5. The summed E-state index contributed by atoms with van der Waals surface area (Å²) >= 11 is 3.33. The van der Waals surface area contributed by atoms with Crippen LogP contribution >= 0.6 is 15.9 Å². The highest BCUT2D eigenvalue weighted by atomic mass is 79.9. The maximum Gasteiger partial charge on any atom is 0.421 e. The number of aromatic nitrogens is 2. The predicted octanol–water partition coefficient (Wildman–Crippen LogP) is 6.53. The third kappa shape index (κ3) is 5.60. The maximum atomic E-state index is 13.5. The van der Waals surface area contributed by atoms with E-state index in [1.165, 1.54) is 0 Å². The molecule has 0 fully saturated rings. The Hall–Kier alpha value is -2.81. The highest BCUT2D eigenvalue weighted by Crippen LogP contribution is 2.37. The van der Waals surface area contributed by atoms with Crippen LogP contribution in [-0.4, -0.2) is 16.1 Å². The van der Waals surface area contributed by atoms with Crippen molar-refractivity contribution in [2.45, 2.75) is 26.1 Å². The summed E-state index contributed by atoms with van der Waals surface area (Å²) in [5.74, 6) is 0.0913. The lowest BCUT2D eigenvalue weighted by atomic mass is 10.2. The standard InChI is InChI=1S/C20H18BrF3N4O/c1-12(2)29-17-6-4-3-5-16(17)27-18-15(20(22,23)24)11-25-19(28-18)26-14-9-7-13(21)8-10-14/h3-12H,1-2H3,(H2,25,26,27,28). The van der Waals surface area contributed by atoms with Crippen molar-refractivity contribution in [2.75, 3.05) is 10.6 Å². The van der Waals surface area contributed by atoms with Gasteiger partial charge in [0.2, 0.25) is 5.95 Å². The van der Waals surface area contributed by atoms with Crippen molar-refractivity contribution in [1.29, 1.82) is 0 Å². The van der Waals surface area contributed by atoms with Crippen LogP contribution in [0.4, 0.5) is 36.3 Å². The lowest BCUT2D eigenvalue weighted by Crippen LogP contribution is -2.13. The lowest BCUT2D eigenvalue weighted by Gasteiger charge is -2.18. The molecule has 0 unspecified atom stereocenters. The molecule has 2 N–H and O–H groups in total. The van der Waals surface area contributed by atoms with Crippen molar-refractivity contribution >= 4 is 39.1 Å². The molecule has 0 bridgehead atoms. The summed E-state index contributed by atoms with van der Waals surface area (Å²) in [6, 6.07) is 13.8. The Morgan fingerprint density at radius 2 is 1.69 bits per heavy atom. The lowest BCUT2D eigenvalue weighted by molar-refractivity contribution is -0.137. The first-order valence-electron chi connectivity index (χ1n) is 8.72. The molecule has 1 aromatic heterocycles. The number of nitrogens with one attached hydrogen (secondary N) is 2. The van der Waals surface area contributed by atoms with Gasteiger partial charge in [0, 0.05) is 16.4 Å². The monoisotopic (exact) mass is 466 g/mol. The summed E-state index contributed by atoms with van der Waals surface area (Å²) in [4.78, 5) is 7.86. The Labute approximate surface area is 174 Å². The molecule has 0 atom stereocenters. The van der Waals surface area contributed by atoms with E-state index in [4.69, 9.17) is 4.74 Å². The molecule has 5 nitrogen and oxygen atoms in total. The van der Waals surface area contributed by atoms with E-state index in [1.54, 1.807) is 48.5 Å². The average Bonchev–Trinajstić information content (AvgIpc) is 2.64. The molecule has 0 saturated carbocycles. The van der Waals surface area contributed by atoms with Crippen molar-refractivity contribution in [1.82, 2.24) is 9.97 Å². The number of anilines is 4. The number of alkyl halides is 3. The van der Waals surface area contributed by atoms with Crippen LogP contribution in [0.25, 0.3) is 0 Å². The normalized spacial score (nSPS) is 11.4. The molecule has 29 heavy (non-hydrogen) atoms. The zero-order chi connectivity index (χ0) is 21.0. The largest absolute Gasteiger partial charge is 0.489 e. The van der Waals surface area contributed by atoms with Gasteiger partial charge in [0.05, 0.1) is 11.8 Å². The van der Waals surface area contributed by atoms with Gasteiger partial charge < -0.3 is 15.4 Å². The Morgan fingerprint density at radius 3 is 2.34 bits per heavy atom. The van der Waals surface area contributed by atoms with Gasteiger partial charge >= 0.3 is 6.18 Å². The maximum absolute atomic E-state index is 13.5. The number of ether oxygens (including phenoxy) is 1. The molecule has 0 aliphatic carbocycles. The van der Waals surface area contributed by atoms with Gasteiger partial charge in [-0.05, 0) is 50.2 Å². The van der Waals surface area contributed by atoms with Gasteiger partial charge in [-0.1, -0.05) is 28.1 Å². The molecule has 1 heterocycles. The summed E-state index contributed by atoms with van der Waals surface area (Å²) in [5.41, 5.74) is 0.0423. The first kappa shape index (κ1) is 20.9. The fraction of sp³-hybridized carbons (Fsp3) is 0.200. The fourth-order valence-corrected chi connectivity index (χ4v) is 2.73. The summed E-state index contributed by atoms with van der Waals surface area (Å²) in [7, 11) is 0. The number of benzene rings is 2. The van der Waals surface area contributed by atoms with Gasteiger partial charge in [-0.25, -0.2) is 4.98 Å². The first-order chi connectivity index (χ1) is 13.7. The van der Waals surface area contributed by atoms with Gasteiger partial charge in [-0.15, -0.1) is 0 Å². The molecule has 0 aliphatic heterocycles. The van der Waals surface area contributed by atoms with Crippen LogP contribution in [0, 0.1) is 0 Å². The second-order valence-corrected chi connectivity index (χ2v) is 7.29. The van der Waals surface area contributed by atoms with E-state index in [2.05, 4.69) is 36.5 Å². The minimum Gasteiger partial charge on any atom is -0.489 e. The van der Waals surface area contributed by atoms with Crippen molar-refractivity contribution in [3.05, 3.63) is 64.8 Å². The molecule has 3 rings (SSSR count). The van der Waals surface area contributed by atoms with E-state index in [-0.39, 0.29) is 17.9 Å². The number of hydrogen-bond donors (Lipinski definition) is 2. The summed E-state index contributed by atoms with van der Waals surface area (Å²) in [6.07, 6.45) is -4.01. The van der Waals surface area contributed by atoms with Crippen molar-refractivity contribution in [2.24, 2.45) is 0 Å². The fourth-order valence-electron chi connectivity index (χ4n) is 2.46. The van der Waals surface area contributed by atoms with Gasteiger partial charge in [0.1, 0.15) is 17.1 Å². The molecular formula is C20H18BrF3N4O. The third-order valence-electron chi connectivity index (χ3n) is 3.70. The van der Waals surface area contributed by atoms with E-state index >= 15 is 0 Å². The molecule has 9 heteroatoms. The second-order valence-electron chi connectivity index (χ2n) is 6.37. The van der Waals surface area contributed by atoms with Crippen molar-refractivity contribution in [3.63, 3.8) is 0 Å². The highest BCUT2D eigenvalue weighted by molar-refractivity contribution is 9.10. The first-order valence-corrected chi connectivity index (χ1v) is 9.51.